The molecule has 0 amide bonds. The van der Waals surface area contributed by atoms with E-state index in [1.807, 2.05) is 6.07 Å². The maximum absolute atomic E-state index is 6.16. The van der Waals surface area contributed by atoms with Crippen LogP contribution in [0.2, 0.25) is 5.15 Å². The van der Waals surface area contributed by atoms with E-state index in [0.29, 0.717) is 28.7 Å². The lowest BCUT2D eigenvalue weighted by Crippen LogP contribution is -2.37. The number of ether oxygens (including phenoxy) is 1. The molecule has 0 radical (unpaired) electrons. The standard InChI is InChI=1S/C15H21ClN2O/c1-14(2)10-6-7-15(14,3)12(8-10)19-9-11-4-5-13(16)18-17-11/h4-5,10,12H,6-9H2,1-3H3. The number of halogens is 1. The van der Waals surface area contributed by atoms with Crippen LogP contribution in [0.5, 0.6) is 0 Å². The van der Waals surface area contributed by atoms with Gasteiger partial charge in [-0.05, 0) is 48.1 Å². The molecular weight excluding hydrogens is 260 g/mol. The summed E-state index contributed by atoms with van der Waals surface area (Å²) in [5.41, 5.74) is 1.55. The quantitative estimate of drug-likeness (QED) is 0.843. The minimum absolute atomic E-state index is 0.303. The van der Waals surface area contributed by atoms with Crippen molar-refractivity contribution in [2.24, 2.45) is 16.7 Å². The zero-order chi connectivity index (χ0) is 13.7. The van der Waals surface area contributed by atoms with Crippen LogP contribution >= 0.6 is 11.6 Å². The molecule has 2 aliphatic rings. The molecule has 19 heavy (non-hydrogen) atoms. The van der Waals surface area contributed by atoms with Gasteiger partial charge in [0.15, 0.2) is 5.15 Å². The molecule has 2 saturated carbocycles. The second kappa shape index (κ2) is 4.42. The third kappa shape index (κ3) is 1.98. The average Bonchev–Trinajstić information content (AvgIpc) is 2.71. The molecule has 104 valence electrons. The number of aromatic nitrogens is 2. The minimum Gasteiger partial charge on any atom is -0.371 e. The second-order valence-corrected chi connectivity index (χ2v) is 7.14. The van der Waals surface area contributed by atoms with Crippen LogP contribution in [0, 0.1) is 16.7 Å². The summed E-state index contributed by atoms with van der Waals surface area (Å²) in [5, 5.41) is 8.33. The van der Waals surface area contributed by atoms with E-state index in [1.54, 1.807) is 6.07 Å². The molecular formula is C15H21ClN2O. The van der Waals surface area contributed by atoms with Crippen molar-refractivity contribution in [3.05, 3.63) is 23.0 Å². The predicted molar refractivity (Wildman–Crippen MR) is 74.8 cm³/mol. The molecule has 0 aromatic carbocycles. The van der Waals surface area contributed by atoms with Crippen molar-refractivity contribution in [3.63, 3.8) is 0 Å². The zero-order valence-electron chi connectivity index (χ0n) is 11.8. The lowest BCUT2D eigenvalue weighted by atomic mass is 9.70. The lowest BCUT2D eigenvalue weighted by Gasteiger charge is -2.38. The van der Waals surface area contributed by atoms with E-state index in [-0.39, 0.29) is 0 Å². The van der Waals surface area contributed by atoms with Crippen LogP contribution in [0.1, 0.15) is 45.7 Å². The summed E-state index contributed by atoms with van der Waals surface area (Å²) >= 11 is 5.74. The maximum Gasteiger partial charge on any atom is 0.151 e. The molecule has 0 spiro atoms. The van der Waals surface area contributed by atoms with Crippen molar-refractivity contribution in [1.29, 1.82) is 0 Å². The first-order chi connectivity index (χ1) is 8.93. The first kappa shape index (κ1) is 13.3. The third-order valence-corrected chi connectivity index (χ3v) is 6.04. The average molecular weight is 281 g/mol. The van der Waals surface area contributed by atoms with Gasteiger partial charge in [0.2, 0.25) is 0 Å². The van der Waals surface area contributed by atoms with Gasteiger partial charge in [-0.15, -0.1) is 5.10 Å². The Bertz CT molecular complexity index is 474. The molecule has 3 nitrogen and oxygen atoms in total. The number of rotatable bonds is 3. The molecule has 3 atom stereocenters. The fourth-order valence-corrected chi connectivity index (χ4v) is 4.09. The van der Waals surface area contributed by atoms with Gasteiger partial charge in [0.1, 0.15) is 0 Å². The van der Waals surface area contributed by atoms with Crippen molar-refractivity contribution in [2.45, 2.75) is 52.7 Å². The third-order valence-electron chi connectivity index (χ3n) is 5.83. The maximum atomic E-state index is 6.16. The summed E-state index contributed by atoms with van der Waals surface area (Å²) in [7, 11) is 0. The Morgan fingerprint density at radius 3 is 2.63 bits per heavy atom. The summed E-state index contributed by atoms with van der Waals surface area (Å²) in [4.78, 5) is 0. The van der Waals surface area contributed by atoms with E-state index in [4.69, 9.17) is 16.3 Å². The van der Waals surface area contributed by atoms with Gasteiger partial charge in [-0.3, -0.25) is 0 Å². The van der Waals surface area contributed by atoms with Gasteiger partial charge in [0, 0.05) is 0 Å². The normalized spacial score (nSPS) is 35.8. The summed E-state index contributed by atoms with van der Waals surface area (Å²) in [5.74, 6) is 0.804. The Morgan fingerprint density at radius 1 is 1.32 bits per heavy atom. The largest absolute Gasteiger partial charge is 0.371 e. The fourth-order valence-electron chi connectivity index (χ4n) is 3.99. The van der Waals surface area contributed by atoms with Crippen molar-refractivity contribution in [3.8, 4) is 0 Å². The molecule has 1 heterocycles. The number of nitrogens with zero attached hydrogens (tertiary/aromatic N) is 2. The zero-order valence-corrected chi connectivity index (χ0v) is 12.6. The highest BCUT2D eigenvalue weighted by atomic mass is 35.5. The van der Waals surface area contributed by atoms with E-state index in [0.717, 1.165) is 11.6 Å². The molecule has 0 aliphatic heterocycles. The Morgan fingerprint density at radius 2 is 2.11 bits per heavy atom. The van der Waals surface area contributed by atoms with Gasteiger partial charge in [0.25, 0.3) is 0 Å². The molecule has 2 aliphatic carbocycles. The summed E-state index contributed by atoms with van der Waals surface area (Å²) in [6, 6.07) is 3.65. The van der Waals surface area contributed by atoms with E-state index in [9.17, 15) is 0 Å². The van der Waals surface area contributed by atoms with Crippen LogP contribution < -0.4 is 0 Å². The molecule has 0 saturated heterocycles. The Kier molecular flexibility index (Phi) is 3.10. The molecule has 1 aromatic heterocycles. The topological polar surface area (TPSA) is 35.0 Å². The first-order valence-corrected chi connectivity index (χ1v) is 7.41. The molecule has 0 N–H and O–H groups in total. The Hall–Kier alpha value is -0.670. The molecule has 3 rings (SSSR count). The SMILES string of the molecule is CC1(C)C2CCC1(C)C(OCc1ccc(Cl)nn1)C2. The summed E-state index contributed by atoms with van der Waals surface area (Å²) < 4.78 is 6.16. The van der Waals surface area contributed by atoms with Gasteiger partial charge in [-0.2, -0.15) is 5.10 Å². The number of hydrogen-bond donors (Lipinski definition) is 0. The molecule has 3 unspecified atom stereocenters. The van der Waals surface area contributed by atoms with Crippen LogP contribution in [-0.2, 0) is 11.3 Å². The smallest absolute Gasteiger partial charge is 0.151 e. The lowest BCUT2D eigenvalue weighted by molar-refractivity contribution is -0.0562. The van der Waals surface area contributed by atoms with Crippen molar-refractivity contribution < 1.29 is 4.74 Å². The van der Waals surface area contributed by atoms with Crippen molar-refractivity contribution in [1.82, 2.24) is 10.2 Å². The van der Waals surface area contributed by atoms with Crippen LogP contribution in [-0.4, -0.2) is 16.3 Å². The van der Waals surface area contributed by atoms with Gasteiger partial charge >= 0.3 is 0 Å². The monoisotopic (exact) mass is 280 g/mol. The first-order valence-electron chi connectivity index (χ1n) is 7.03. The molecule has 2 fully saturated rings. The van der Waals surface area contributed by atoms with Gasteiger partial charge in [-0.25, -0.2) is 0 Å². The predicted octanol–water partition coefficient (Wildman–Crippen LogP) is 3.86. The van der Waals surface area contributed by atoms with E-state index >= 15 is 0 Å². The van der Waals surface area contributed by atoms with E-state index in [2.05, 4.69) is 31.0 Å². The highest BCUT2D eigenvalue weighted by molar-refractivity contribution is 6.29. The highest BCUT2D eigenvalue weighted by Crippen LogP contribution is 2.66. The fraction of sp³-hybridized carbons (Fsp3) is 0.733. The molecule has 4 heteroatoms. The Labute approximate surface area is 119 Å². The summed E-state index contributed by atoms with van der Waals surface area (Å²) in [6.07, 6.45) is 4.16. The van der Waals surface area contributed by atoms with Crippen molar-refractivity contribution >= 4 is 11.6 Å². The second-order valence-electron chi connectivity index (χ2n) is 6.76. The molecule has 1 aromatic rings. The summed E-state index contributed by atoms with van der Waals surface area (Å²) in [6.45, 7) is 7.72. The molecule has 2 bridgehead atoms. The Balaban J connectivity index is 1.67. The van der Waals surface area contributed by atoms with E-state index in [1.165, 1.54) is 19.3 Å². The van der Waals surface area contributed by atoms with Crippen LogP contribution in [0.3, 0.4) is 0 Å². The van der Waals surface area contributed by atoms with Gasteiger partial charge < -0.3 is 4.74 Å². The number of fused-ring (bicyclic) bond motifs is 2. The van der Waals surface area contributed by atoms with Gasteiger partial charge in [-0.1, -0.05) is 32.4 Å². The van der Waals surface area contributed by atoms with Crippen molar-refractivity contribution in [2.75, 3.05) is 0 Å². The van der Waals surface area contributed by atoms with E-state index < -0.39 is 0 Å². The highest BCUT2D eigenvalue weighted by Gasteiger charge is 2.61. The van der Waals surface area contributed by atoms with Crippen LogP contribution in [0.25, 0.3) is 0 Å². The van der Waals surface area contributed by atoms with Crippen LogP contribution in [0.4, 0.5) is 0 Å². The number of hydrogen-bond acceptors (Lipinski definition) is 3. The van der Waals surface area contributed by atoms with Crippen LogP contribution in [0.15, 0.2) is 12.1 Å². The van der Waals surface area contributed by atoms with Gasteiger partial charge in [0.05, 0.1) is 18.4 Å². The minimum atomic E-state index is 0.303.